The summed E-state index contributed by atoms with van der Waals surface area (Å²) in [4.78, 5) is 12.0. The summed E-state index contributed by atoms with van der Waals surface area (Å²) in [7, 11) is 0. The van der Waals surface area contributed by atoms with Crippen LogP contribution < -0.4 is 11.1 Å². The summed E-state index contributed by atoms with van der Waals surface area (Å²) in [6.45, 7) is 6.55. The van der Waals surface area contributed by atoms with E-state index in [1.165, 1.54) is 12.8 Å². The number of hydrogen-bond acceptors (Lipinski definition) is 2. The van der Waals surface area contributed by atoms with Gasteiger partial charge in [0.05, 0.1) is 5.54 Å². The summed E-state index contributed by atoms with van der Waals surface area (Å²) in [6, 6.07) is 0.252. The van der Waals surface area contributed by atoms with Crippen molar-refractivity contribution in [1.82, 2.24) is 5.32 Å². The van der Waals surface area contributed by atoms with Gasteiger partial charge in [0.25, 0.3) is 0 Å². The van der Waals surface area contributed by atoms with Gasteiger partial charge in [-0.25, -0.2) is 0 Å². The lowest BCUT2D eigenvalue weighted by molar-refractivity contribution is -0.126. The summed E-state index contributed by atoms with van der Waals surface area (Å²) < 4.78 is 0. The third kappa shape index (κ3) is 5.57. The van der Waals surface area contributed by atoms with E-state index in [-0.39, 0.29) is 24.4 Å². The van der Waals surface area contributed by atoms with Crippen LogP contribution in [0.2, 0.25) is 0 Å². The Kier molecular flexibility index (Phi) is 7.88. The van der Waals surface area contributed by atoms with Crippen LogP contribution in [0.3, 0.4) is 0 Å². The molecule has 0 heterocycles. The van der Waals surface area contributed by atoms with Gasteiger partial charge in [0, 0.05) is 6.04 Å². The number of carbonyl (C=O) groups is 1. The van der Waals surface area contributed by atoms with Crippen molar-refractivity contribution in [3.8, 4) is 0 Å². The van der Waals surface area contributed by atoms with Gasteiger partial charge in [0.2, 0.25) is 5.91 Å². The number of nitrogens with one attached hydrogen (secondary N) is 1. The largest absolute Gasteiger partial charge is 0.352 e. The molecule has 0 aromatic carbocycles. The van der Waals surface area contributed by atoms with Crippen LogP contribution in [0.25, 0.3) is 0 Å². The third-order valence-corrected chi connectivity index (χ3v) is 3.74. The lowest BCUT2D eigenvalue weighted by Crippen LogP contribution is -2.53. The van der Waals surface area contributed by atoms with Crippen molar-refractivity contribution in [3.63, 3.8) is 0 Å². The molecule has 0 aromatic heterocycles. The molecule has 1 atom stereocenters. The van der Waals surface area contributed by atoms with E-state index in [1.807, 2.05) is 0 Å². The minimum Gasteiger partial charge on any atom is -0.352 e. The van der Waals surface area contributed by atoms with Crippen LogP contribution in [0, 0.1) is 5.92 Å². The molecule has 1 fully saturated rings. The SMILES string of the molecule is CC(C)CCCC(C)NC(=O)C1(N)CCCC1.Cl. The van der Waals surface area contributed by atoms with E-state index in [2.05, 4.69) is 26.1 Å². The Labute approximate surface area is 118 Å². The number of rotatable bonds is 6. The van der Waals surface area contributed by atoms with Crippen LogP contribution in [0.15, 0.2) is 0 Å². The fourth-order valence-corrected chi connectivity index (χ4v) is 2.50. The van der Waals surface area contributed by atoms with Crippen LogP contribution in [0.4, 0.5) is 0 Å². The zero-order valence-electron chi connectivity index (χ0n) is 12.0. The van der Waals surface area contributed by atoms with Crippen LogP contribution in [-0.4, -0.2) is 17.5 Å². The van der Waals surface area contributed by atoms with Gasteiger partial charge in [-0.3, -0.25) is 4.79 Å². The summed E-state index contributed by atoms with van der Waals surface area (Å²) >= 11 is 0. The van der Waals surface area contributed by atoms with E-state index in [4.69, 9.17) is 5.73 Å². The van der Waals surface area contributed by atoms with E-state index in [0.717, 1.165) is 38.0 Å². The van der Waals surface area contributed by atoms with E-state index in [0.29, 0.717) is 0 Å². The number of amides is 1. The van der Waals surface area contributed by atoms with Crippen LogP contribution in [0.1, 0.15) is 65.7 Å². The van der Waals surface area contributed by atoms with E-state index in [1.54, 1.807) is 0 Å². The Balaban J connectivity index is 0.00000289. The van der Waals surface area contributed by atoms with Crippen LogP contribution in [0.5, 0.6) is 0 Å². The molecule has 18 heavy (non-hydrogen) atoms. The summed E-state index contributed by atoms with van der Waals surface area (Å²) in [5, 5.41) is 3.07. The van der Waals surface area contributed by atoms with Gasteiger partial charge in [-0.15, -0.1) is 12.4 Å². The Hall–Kier alpha value is -0.280. The standard InChI is InChI=1S/C14H28N2O.ClH/c1-11(2)7-6-8-12(3)16-13(17)14(15)9-4-5-10-14;/h11-12H,4-10,15H2,1-3H3,(H,16,17);1H. The maximum Gasteiger partial charge on any atom is 0.240 e. The monoisotopic (exact) mass is 276 g/mol. The average molecular weight is 277 g/mol. The maximum absolute atomic E-state index is 12.0. The molecule has 3 N–H and O–H groups in total. The molecule has 0 spiro atoms. The molecule has 1 aliphatic rings. The highest BCUT2D eigenvalue weighted by Crippen LogP contribution is 2.27. The molecule has 1 rings (SSSR count). The van der Waals surface area contributed by atoms with Gasteiger partial charge < -0.3 is 11.1 Å². The molecule has 1 saturated carbocycles. The van der Waals surface area contributed by atoms with E-state index in [9.17, 15) is 4.79 Å². The fraction of sp³-hybridized carbons (Fsp3) is 0.929. The predicted octanol–water partition coefficient (Wildman–Crippen LogP) is 3.01. The Morgan fingerprint density at radius 2 is 1.78 bits per heavy atom. The van der Waals surface area contributed by atoms with Crippen molar-refractivity contribution in [3.05, 3.63) is 0 Å². The second kappa shape index (κ2) is 8.00. The molecule has 4 heteroatoms. The smallest absolute Gasteiger partial charge is 0.240 e. The number of carbonyl (C=O) groups excluding carboxylic acids is 1. The summed E-state index contributed by atoms with van der Waals surface area (Å²) in [5.74, 6) is 0.806. The average Bonchev–Trinajstić information content (AvgIpc) is 2.66. The van der Waals surface area contributed by atoms with Gasteiger partial charge >= 0.3 is 0 Å². The molecular formula is C14H29ClN2O. The van der Waals surface area contributed by atoms with E-state index >= 15 is 0 Å². The second-order valence-electron chi connectivity index (χ2n) is 6.06. The third-order valence-electron chi connectivity index (χ3n) is 3.74. The molecule has 0 aliphatic heterocycles. The highest BCUT2D eigenvalue weighted by molar-refractivity contribution is 5.86. The molecule has 0 bridgehead atoms. The van der Waals surface area contributed by atoms with Gasteiger partial charge in [-0.05, 0) is 32.1 Å². The van der Waals surface area contributed by atoms with Crippen LogP contribution >= 0.6 is 12.4 Å². The topological polar surface area (TPSA) is 55.1 Å². The first-order valence-electron chi connectivity index (χ1n) is 7.04. The minimum atomic E-state index is -0.577. The van der Waals surface area contributed by atoms with Gasteiger partial charge in [0.15, 0.2) is 0 Å². The summed E-state index contributed by atoms with van der Waals surface area (Å²) in [6.07, 6.45) is 7.33. The number of hydrogen-bond donors (Lipinski definition) is 2. The molecular weight excluding hydrogens is 248 g/mol. The first kappa shape index (κ1) is 17.7. The zero-order valence-corrected chi connectivity index (χ0v) is 12.8. The van der Waals surface area contributed by atoms with Crippen LogP contribution in [-0.2, 0) is 4.79 Å². The molecule has 0 aromatic rings. The Bertz CT molecular complexity index is 250. The maximum atomic E-state index is 12.0. The number of halogens is 1. The summed E-state index contributed by atoms with van der Waals surface area (Å²) in [5.41, 5.74) is 5.54. The first-order chi connectivity index (χ1) is 7.94. The quantitative estimate of drug-likeness (QED) is 0.784. The zero-order chi connectivity index (χ0) is 12.9. The van der Waals surface area contributed by atoms with Crippen molar-refractivity contribution in [2.75, 3.05) is 0 Å². The van der Waals surface area contributed by atoms with Crippen molar-refractivity contribution >= 4 is 18.3 Å². The molecule has 1 unspecified atom stereocenters. The molecule has 1 aliphatic carbocycles. The molecule has 0 radical (unpaired) electrons. The first-order valence-corrected chi connectivity index (χ1v) is 7.04. The van der Waals surface area contributed by atoms with Crippen molar-refractivity contribution in [2.45, 2.75) is 77.3 Å². The lowest BCUT2D eigenvalue weighted by atomic mass is 9.97. The van der Waals surface area contributed by atoms with E-state index < -0.39 is 5.54 Å². The van der Waals surface area contributed by atoms with Gasteiger partial charge in [-0.1, -0.05) is 39.5 Å². The fourth-order valence-electron chi connectivity index (χ4n) is 2.50. The van der Waals surface area contributed by atoms with Crippen molar-refractivity contribution in [2.24, 2.45) is 11.7 Å². The number of nitrogens with two attached hydrogens (primary N) is 1. The molecule has 3 nitrogen and oxygen atoms in total. The van der Waals surface area contributed by atoms with Gasteiger partial charge in [-0.2, -0.15) is 0 Å². The van der Waals surface area contributed by atoms with Crippen molar-refractivity contribution in [1.29, 1.82) is 0 Å². The highest BCUT2D eigenvalue weighted by atomic mass is 35.5. The second-order valence-corrected chi connectivity index (χ2v) is 6.06. The molecule has 1 amide bonds. The molecule has 108 valence electrons. The lowest BCUT2D eigenvalue weighted by Gasteiger charge is -2.25. The normalized spacial score (nSPS) is 19.4. The Morgan fingerprint density at radius 1 is 1.22 bits per heavy atom. The van der Waals surface area contributed by atoms with Gasteiger partial charge in [0.1, 0.15) is 0 Å². The predicted molar refractivity (Wildman–Crippen MR) is 78.9 cm³/mol. The van der Waals surface area contributed by atoms with Crippen molar-refractivity contribution < 1.29 is 4.79 Å². The Morgan fingerprint density at radius 3 is 2.28 bits per heavy atom. The molecule has 0 saturated heterocycles. The highest BCUT2D eigenvalue weighted by Gasteiger charge is 2.37. The minimum absolute atomic E-state index is 0.